The van der Waals surface area contributed by atoms with Gasteiger partial charge in [0.05, 0.1) is 25.9 Å². The van der Waals surface area contributed by atoms with Crippen molar-refractivity contribution in [3.63, 3.8) is 0 Å². The van der Waals surface area contributed by atoms with Crippen LogP contribution in [-0.4, -0.2) is 32.9 Å². The minimum Gasteiger partial charge on any atom is -0.496 e. The van der Waals surface area contributed by atoms with E-state index < -0.39 is 0 Å². The maximum absolute atomic E-state index is 11.9. The van der Waals surface area contributed by atoms with Crippen molar-refractivity contribution in [1.29, 1.82) is 0 Å². The van der Waals surface area contributed by atoms with E-state index in [1.807, 2.05) is 24.3 Å². The van der Waals surface area contributed by atoms with Gasteiger partial charge in [0, 0.05) is 12.2 Å². The summed E-state index contributed by atoms with van der Waals surface area (Å²) in [6.07, 6.45) is 3.42. The van der Waals surface area contributed by atoms with E-state index in [4.69, 9.17) is 14.2 Å². The van der Waals surface area contributed by atoms with Crippen LogP contribution in [0.3, 0.4) is 0 Å². The van der Waals surface area contributed by atoms with Crippen molar-refractivity contribution in [3.05, 3.63) is 35.4 Å². The first-order valence-electron chi connectivity index (χ1n) is 6.30. The summed E-state index contributed by atoms with van der Waals surface area (Å²) in [5, 5.41) is 0. The summed E-state index contributed by atoms with van der Waals surface area (Å²) in [4.78, 5) is 11.9. The monoisotopic (exact) mass is 262 g/mol. The average Bonchev–Trinajstić information content (AvgIpc) is 2.98. The van der Waals surface area contributed by atoms with E-state index in [2.05, 4.69) is 0 Å². The molecule has 1 fully saturated rings. The van der Waals surface area contributed by atoms with Gasteiger partial charge in [-0.3, -0.25) is 0 Å². The van der Waals surface area contributed by atoms with E-state index in [-0.39, 0.29) is 12.1 Å². The minimum atomic E-state index is -0.349. The fraction of sp³-hybridized carbons (Fsp3) is 0.400. The topological polar surface area (TPSA) is 44.8 Å². The van der Waals surface area contributed by atoms with Crippen molar-refractivity contribution in [3.8, 4) is 5.75 Å². The minimum absolute atomic E-state index is 0.183. The van der Waals surface area contributed by atoms with Gasteiger partial charge in [-0.05, 0) is 25.0 Å². The number of benzene rings is 1. The summed E-state index contributed by atoms with van der Waals surface area (Å²) >= 11 is 0. The van der Waals surface area contributed by atoms with E-state index in [1.165, 1.54) is 7.11 Å². The molecule has 4 nitrogen and oxygen atoms in total. The molecule has 0 amide bonds. The highest BCUT2D eigenvalue weighted by atomic mass is 16.5. The Bertz CT molecular complexity index is 473. The van der Waals surface area contributed by atoms with Gasteiger partial charge in [-0.15, -0.1) is 0 Å². The van der Waals surface area contributed by atoms with Crippen molar-refractivity contribution in [2.45, 2.75) is 18.9 Å². The molecule has 1 heterocycles. The molecule has 1 unspecified atom stereocenters. The second-order valence-corrected chi connectivity index (χ2v) is 4.33. The summed E-state index contributed by atoms with van der Waals surface area (Å²) in [7, 11) is 2.99. The van der Waals surface area contributed by atoms with Gasteiger partial charge >= 0.3 is 5.97 Å². The van der Waals surface area contributed by atoms with Crippen molar-refractivity contribution in [2.75, 3.05) is 20.8 Å². The number of carbonyl (C=O) groups is 1. The first-order valence-corrected chi connectivity index (χ1v) is 6.30. The Balaban J connectivity index is 2.36. The summed E-state index contributed by atoms with van der Waals surface area (Å²) in [5.41, 5.74) is 1.39. The summed E-state index contributed by atoms with van der Waals surface area (Å²) in [6, 6.07) is 7.55. The van der Waals surface area contributed by atoms with Crippen LogP contribution in [0.15, 0.2) is 29.8 Å². The van der Waals surface area contributed by atoms with Crippen LogP contribution in [0.4, 0.5) is 0 Å². The second kappa shape index (κ2) is 6.38. The van der Waals surface area contributed by atoms with Gasteiger partial charge in [0.2, 0.25) is 0 Å². The molecule has 102 valence electrons. The van der Waals surface area contributed by atoms with Crippen LogP contribution in [0.25, 0.3) is 6.08 Å². The molecule has 2 rings (SSSR count). The number of carbonyl (C=O) groups excluding carboxylic acids is 1. The highest BCUT2D eigenvalue weighted by Crippen LogP contribution is 2.26. The van der Waals surface area contributed by atoms with Gasteiger partial charge in [0.15, 0.2) is 0 Å². The van der Waals surface area contributed by atoms with Crippen molar-refractivity contribution in [2.24, 2.45) is 0 Å². The van der Waals surface area contributed by atoms with Gasteiger partial charge in [-0.25, -0.2) is 4.79 Å². The third kappa shape index (κ3) is 3.15. The molecular formula is C15H18O4. The molecular weight excluding hydrogens is 244 g/mol. The molecule has 1 aromatic rings. The zero-order valence-corrected chi connectivity index (χ0v) is 11.2. The predicted molar refractivity (Wildman–Crippen MR) is 72.0 cm³/mol. The molecule has 1 aromatic carbocycles. The zero-order valence-electron chi connectivity index (χ0n) is 11.2. The number of methoxy groups -OCH3 is 2. The lowest BCUT2D eigenvalue weighted by Gasteiger charge is -2.13. The first-order chi connectivity index (χ1) is 9.26. The Labute approximate surface area is 113 Å². The third-order valence-corrected chi connectivity index (χ3v) is 3.15. The molecule has 0 spiro atoms. The molecule has 1 saturated heterocycles. The molecule has 0 aliphatic carbocycles. The fourth-order valence-electron chi connectivity index (χ4n) is 2.18. The quantitative estimate of drug-likeness (QED) is 0.617. The van der Waals surface area contributed by atoms with Crippen molar-refractivity contribution >= 4 is 12.0 Å². The molecule has 0 radical (unpaired) electrons. The number of rotatable bonds is 4. The Morgan fingerprint density at radius 1 is 1.37 bits per heavy atom. The van der Waals surface area contributed by atoms with Crippen molar-refractivity contribution in [1.82, 2.24) is 0 Å². The van der Waals surface area contributed by atoms with Gasteiger partial charge in [0.1, 0.15) is 5.75 Å². The lowest BCUT2D eigenvalue weighted by molar-refractivity contribution is -0.137. The second-order valence-electron chi connectivity index (χ2n) is 4.33. The highest BCUT2D eigenvalue weighted by molar-refractivity contribution is 5.95. The number of ether oxygens (including phenoxy) is 3. The molecule has 0 bridgehead atoms. The number of esters is 1. The Morgan fingerprint density at radius 2 is 2.16 bits per heavy atom. The SMILES string of the molecule is COC(=O)/C(=C/c1ccccc1OC)C1CCCO1. The summed E-state index contributed by atoms with van der Waals surface area (Å²) in [6.45, 7) is 0.685. The number of para-hydroxylation sites is 1. The smallest absolute Gasteiger partial charge is 0.336 e. The van der Waals surface area contributed by atoms with Crippen LogP contribution in [-0.2, 0) is 14.3 Å². The molecule has 4 heteroatoms. The van der Waals surface area contributed by atoms with Gasteiger partial charge in [-0.2, -0.15) is 0 Å². The Kier molecular flexibility index (Phi) is 4.58. The molecule has 0 saturated carbocycles. The van der Waals surface area contributed by atoms with Crippen LogP contribution in [0.5, 0.6) is 5.75 Å². The Hall–Kier alpha value is -1.81. The predicted octanol–water partition coefficient (Wildman–Crippen LogP) is 2.43. The van der Waals surface area contributed by atoms with E-state index in [1.54, 1.807) is 13.2 Å². The largest absolute Gasteiger partial charge is 0.496 e. The molecule has 1 aliphatic heterocycles. The lowest BCUT2D eigenvalue weighted by atomic mass is 10.0. The number of hydrogen-bond donors (Lipinski definition) is 0. The normalized spacial score (nSPS) is 19.3. The van der Waals surface area contributed by atoms with Crippen LogP contribution in [0.1, 0.15) is 18.4 Å². The standard InChI is InChI=1S/C15H18O4/c1-17-13-7-4-3-6-11(13)10-12(15(16)18-2)14-8-5-9-19-14/h3-4,6-7,10,14H,5,8-9H2,1-2H3/b12-10+. The summed E-state index contributed by atoms with van der Waals surface area (Å²) in [5.74, 6) is 0.375. The van der Waals surface area contributed by atoms with Crippen LogP contribution in [0.2, 0.25) is 0 Å². The van der Waals surface area contributed by atoms with Crippen LogP contribution >= 0.6 is 0 Å². The van der Waals surface area contributed by atoms with Crippen LogP contribution < -0.4 is 4.74 Å². The van der Waals surface area contributed by atoms with Crippen LogP contribution in [0, 0.1) is 0 Å². The van der Waals surface area contributed by atoms with Crippen molar-refractivity contribution < 1.29 is 19.0 Å². The molecule has 0 aromatic heterocycles. The average molecular weight is 262 g/mol. The van der Waals surface area contributed by atoms with Gasteiger partial charge < -0.3 is 14.2 Å². The zero-order chi connectivity index (χ0) is 13.7. The van der Waals surface area contributed by atoms with E-state index in [0.717, 1.165) is 24.2 Å². The maximum atomic E-state index is 11.9. The molecule has 19 heavy (non-hydrogen) atoms. The fourth-order valence-corrected chi connectivity index (χ4v) is 2.18. The first kappa shape index (κ1) is 13.6. The van der Waals surface area contributed by atoms with E-state index in [9.17, 15) is 4.79 Å². The molecule has 1 atom stereocenters. The van der Waals surface area contributed by atoms with Gasteiger partial charge in [-0.1, -0.05) is 18.2 Å². The Morgan fingerprint density at radius 3 is 2.79 bits per heavy atom. The lowest BCUT2D eigenvalue weighted by Crippen LogP contribution is -2.18. The highest BCUT2D eigenvalue weighted by Gasteiger charge is 2.26. The number of hydrogen-bond acceptors (Lipinski definition) is 4. The third-order valence-electron chi connectivity index (χ3n) is 3.15. The summed E-state index contributed by atoms with van der Waals surface area (Å²) < 4.78 is 15.7. The molecule has 0 N–H and O–H groups in total. The van der Waals surface area contributed by atoms with E-state index >= 15 is 0 Å². The maximum Gasteiger partial charge on any atom is 0.336 e. The van der Waals surface area contributed by atoms with E-state index in [0.29, 0.717) is 12.2 Å². The molecule has 1 aliphatic rings. The van der Waals surface area contributed by atoms with Gasteiger partial charge in [0.25, 0.3) is 0 Å².